The first kappa shape index (κ1) is 21.6. The number of benzene rings is 1. The third-order valence-corrected chi connectivity index (χ3v) is 3.08. The van der Waals surface area contributed by atoms with Gasteiger partial charge in [-0.1, -0.05) is 11.6 Å². The Morgan fingerprint density at radius 3 is 2.71 bits per heavy atom. The number of hydrogen-bond donors (Lipinski definition) is 1. The van der Waals surface area contributed by atoms with Gasteiger partial charge in [0.25, 0.3) is 0 Å². The molecular formula is C15H10ClF3N2OUV-2. The van der Waals surface area contributed by atoms with Gasteiger partial charge < -0.3 is 23.5 Å². The molecule has 0 aliphatic carbocycles. The predicted octanol–water partition coefficient (Wildman–Crippen LogP) is 3.84. The Kier molecular flexibility index (Phi) is 8.90. The Labute approximate surface area is 179 Å². The molecule has 0 fully saturated rings. The standard InChI is InChI=1S/C15H10ClF3N2O.U.V/c1-9(21-14(22)10-5-3-2-4-6-10)13-12(16)7-11(8-20-13)15(17,18)19;;/h3-5,7-9H,1H3,(H,21,22);;/q-2;;/i5T;;. The number of hydrogen-bond acceptors (Lipinski definition) is 2. The zero-order chi connectivity index (χ0) is 17.2. The summed E-state index contributed by atoms with van der Waals surface area (Å²) in [6.07, 6.45) is -3.89. The molecule has 0 aliphatic heterocycles. The fraction of sp³-hybridized carbons (Fsp3) is 0.200. The second kappa shape index (κ2) is 9.89. The van der Waals surface area contributed by atoms with Gasteiger partial charge >= 0.3 is 6.18 Å². The number of nitrogens with zero attached hydrogens (tertiary/aromatic N) is 1. The van der Waals surface area contributed by atoms with Crippen LogP contribution in [0.15, 0.2) is 30.4 Å². The van der Waals surface area contributed by atoms with Gasteiger partial charge in [-0.25, -0.2) is 0 Å². The van der Waals surface area contributed by atoms with Gasteiger partial charge in [0.05, 0.1) is 22.3 Å². The molecule has 9 heteroatoms. The van der Waals surface area contributed by atoms with E-state index in [-0.39, 0.29) is 72.0 Å². The van der Waals surface area contributed by atoms with Crippen LogP contribution in [-0.2, 0) is 24.7 Å². The number of nitrogens with one attached hydrogen (secondary N) is 1. The number of aromatic nitrogens is 1. The van der Waals surface area contributed by atoms with Crippen LogP contribution in [0.3, 0.4) is 0 Å². The molecule has 24 heavy (non-hydrogen) atoms. The molecule has 0 bridgehead atoms. The van der Waals surface area contributed by atoms with Gasteiger partial charge in [-0.3, -0.25) is 21.9 Å². The van der Waals surface area contributed by atoms with Crippen molar-refractivity contribution < 1.29 is 69.0 Å². The summed E-state index contributed by atoms with van der Waals surface area (Å²) in [5, 5.41) is 2.32. The van der Waals surface area contributed by atoms with Crippen molar-refractivity contribution in [1.82, 2.24) is 10.3 Å². The summed E-state index contributed by atoms with van der Waals surface area (Å²) in [5.41, 5.74) is -0.870. The second-order valence-corrected chi connectivity index (χ2v) is 4.81. The number of halogens is 4. The maximum Gasteiger partial charge on any atom is 0.417 e. The molecule has 0 saturated carbocycles. The zero-order valence-corrected chi connectivity index (χ0v) is 18.5. The molecule has 1 atom stereocenters. The van der Waals surface area contributed by atoms with Crippen molar-refractivity contribution in [2.75, 3.05) is 0 Å². The molecule has 1 N–H and O–H groups in total. The molecule has 1 amide bonds. The van der Waals surface area contributed by atoms with Crippen LogP contribution < -0.4 is 5.32 Å². The van der Waals surface area contributed by atoms with Crippen molar-refractivity contribution >= 4 is 17.5 Å². The summed E-state index contributed by atoms with van der Waals surface area (Å²) >= 11 is 5.83. The molecule has 3 nitrogen and oxygen atoms in total. The maximum absolute atomic E-state index is 12.6. The molecule has 1 radical (unpaired) electrons. The van der Waals surface area contributed by atoms with Crippen molar-refractivity contribution in [1.29, 1.82) is 0 Å². The molecule has 0 saturated heterocycles. The number of rotatable bonds is 3. The van der Waals surface area contributed by atoms with E-state index in [9.17, 15) is 18.0 Å². The first-order valence-corrected chi connectivity index (χ1v) is 6.50. The summed E-state index contributed by atoms with van der Waals surface area (Å²) in [5.74, 6) is -0.603. The minimum Gasteiger partial charge on any atom is -0.359 e. The topological polar surface area (TPSA) is 42.0 Å². The Hall–Kier alpha value is -0.444. The number of carbonyl (C=O) groups is 1. The summed E-state index contributed by atoms with van der Waals surface area (Å²) in [4.78, 5) is 15.7. The van der Waals surface area contributed by atoms with Crippen LogP contribution in [-0.4, -0.2) is 10.9 Å². The van der Waals surface area contributed by atoms with Crippen molar-refractivity contribution in [3.8, 4) is 0 Å². The van der Waals surface area contributed by atoms with E-state index in [1.807, 2.05) is 0 Å². The van der Waals surface area contributed by atoms with Crippen LogP contribution in [0.2, 0.25) is 5.02 Å². The van der Waals surface area contributed by atoms with Crippen molar-refractivity contribution in [3.63, 3.8) is 0 Å². The minimum atomic E-state index is -4.54. The fourth-order valence-corrected chi connectivity index (χ4v) is 2.03. The Morgan fingerprint density at radius 1 is 1.50 bits per heavy atom. The zero-order valence-electron chi connectivity index (χ0n) is 13.2. The molecule has 2 rings (SSSR count). The maximum atomic E-state index is 12.6. The Morgan fingerprint density at radius 2 is 2.17 bits per heavy atom. The number of carbonyl (C=O) groups excluding carboxylic acids is 1. The van der Waals surface area contributed by atoms with Gasteiger partial charge in [0.2, 0.25) is 5.91 Å². The van der Waals surface area contributed by atoms with Gasteiger partial charge in [0, 0.05) is 55.9 Å². The second-order valence-electron chi connectivity index (χ2n) is 4.40. The van der Waals surface area contributed by atoms with Crippen LogP contribution in [0.1, 0.15) is 36.0 Å². The van der Waals surface area contributed by atoms with Gasteiger partial charge in [0.15, 0.2) is 0 Å². The molecule has 1 unspecified atom stereocenters. The van der Waals surface area contributed by atoms with E-state index in [0.29, 0.717) is 6.20 Å². The van der Waals surface area contributed by atoms with E-state index in [1.165, 1.54) is 19.1 Å². The SMILES string of the molecule is [3H]c1c[c-]c[c-]c1C(=O)NC(C)c1ncc(C(F)(F)F)cc1Cl.[U].[V]. The largest absolute Gasteiger partial charge is 0.417 e. The smallest absolute Gasteiger partial charge is 0.359 e. The van der Waals surface area contributed by atoms with E-state index in [1.54, 1.807) is 0 Å². The number of pyridine rings is 1. The minimum absolute atomic E-state index is 0. The third-order valence-electron chi connectivity index (χ3n) is 2.78. The monoisotopic (exact) mass is 617 g/mol. The first-order valence-electron chi connectivity index (χ1n) is 6.62. The molecule has 125 valence electrons. The quantitative estimate of drug-likeness (QED) is 0.533. The molecule has 2 aromatic rings. The molecule has 1 heterocycles. The van der Waals surface area contributed by atoms with Gasteiger partial charge in [-0.15, -0.1) is 1.37 Å². The molecular weight excluding hydrogens is 606 g/mol. The normalized spacial score (nSPS) is 12.3. The summed E-state index contributed by atoms with van der Waals surface area (Å²) < 4.78 is 45.3. The summed E-state index contributed by atoms with van der Waals surface area (Å²) in [7, 11) is 0. The number of alkyl halides is 3. The van der Waals surface area contributed by atoms with E-state index in [0.717, 1.165) is 6.07 Å². The number of amides is 1. The van der Waals surface area contributed by atoms with E-state index >= 15 is 0 Å². The van der Waals surface area contributed by atoms with Gasteiger partial charge in [-0.05, 0) is 13.0 Å². The average Bonchev–Trinajstić information content (AvgIpc) is 2.46. The summed E-state index contributed by atoms with van der Waals surface area (Å²) in [6, 6.07) is 7.80. The van der Waals surface area contributed by atoms with Crippen LogP contribution in [0.25, 0.3) is 0 Å². The Balaban J connectivity index is 0.00000288. The van der Waals surface area contributed by atoms with E-state index < -0.39 is 23.7 Å². The predicted molar refractivity (Wildman–Crippen MR) is 74.2 cm³/mol. The average molecular weight is 618 g/mol. The fourth-order valence-electron chi connectivity index (χ4n) is 1.70. The van der Waals surface area contributed by atoms with E-state index in [2.05, 4.69) is 22.4 Å². The Bertz CT molecular complexity index is 749. The first-order chi connectivity index (χ1) is 10.7. The summed E-state index contributed by atoms with van der Waals surface area (Å²) in [6.45, 7) is 1.53. The molecule has 0 spiro atoms. The van der Waals surface area contributed by atoms with E-state index in [4.69, 9.17) is 13.0 Å². The molecule has 1 aromatic heterocycles. The van der Waals surface area contributed by atoms with Crippen LogP contribution in [0.4, 0.5) is 13.2 Å². The molecule has 0 aliphatic rings. The molecule has 1 aromatic carbocycles. The van der Waals surface area contributed by atoms with Gasteiger partial charge in [-0.2, -0.15) is 18.7 Å². The van der Waals surface area contributed by atoms with Crippen molar-refractivity contribution in [2.24, 2.45) is 0 Å². The van der Waals surface area contributed by atoms with Crippen LogP contribution in [0.5, 0.6) is 0 Å². The van der Waals surface area contributed by atoms with Crippen molar-refractivity contribution in [2.45, 2.75) is 19.1 Å². The van der Waals surface area contributed by atoms with Crippen LogP contribution in [0, 0.1) is 43.2 Å². The van der Waals surface area contributed by atoms with Crippen LogP contribution >= 0.6 is 11.6 Å². The van der Waals surface area contributed by atoms with Crippen molar-refractivity contribution in [3.05, 3.63) is 64.4 Å². The van der Waals surface area contributed by atoms with Gasteiger partial charge in [0.1, 0.15) is 0 Å². The third kappa shape index (κ3) is 6.13.